The molecule has 1 aliphatic carbocycles. The van der Waals surface area contributed by atoms with E-state index in [0.29, 0.717) is 0 Å². The molecule has 0 bridgehead atoms. The summed E-state index contributed by atoms with van der Waals surface area (Å²) >= 11 is 5.64. The Morgan fingerprint density at radius 1 is 1.29 bits per heavy atom. The molecular formula is C19H16ClF4N5O2. The van der Waals surface area contributed by atoms with E-state index in [4.69, 9.17) is 22.1 Å². The number of ether oxygens (including phenoxy) is 1. The molecule has 0 spiro atoms. The third-order valence-corrected chi connectivity index (χ3v) is 5.60. The Kier molecular flexibility index (Phi) is 5.24. The smallest absolute Gasteiger partial charge is 0.283 e. The molecule has 3 N–H and O–H groups in total. The van der Waals surface area contributed by atoms with Crippen molar-refractivity contribution in [3.63, 3.8) is 0 Å². The van der Waals surface area contributed by atoms with Gasteiger partial charge >= 0.3 is 0 Å². The van der Waals surface area contributed by atoms with Crippen LogP contribution in [0.2, 0.25) is 5.15 Å². The Morgan fingerprint density at radius 2 is 2.06 bits per heavy atom. The van der Waals surface area contributed by atoms with E-state index in [1.807, 2.05) is 0 Å². The summed E-state index contributed by atoms with van der Waals surface area (Å²) in [5, 5.41) is 2.57. The maximum Gasteiger partial charge on any atom is 0.283 e. The molecule has 2 aromatic rings. The van der Waals surface area contributed by atoms with Gasteiger partial charge in [-0.15, -0.1) is 0 Å². The molecule has 1 aliphatic heterocycles. The van der Waals surface area contributed by atoms with Crippen molar-refractivity contribution in [1.29, 1.82) is 0 Å². The van der Waals surface area contributed by atoms with Gasteiger partial charge in [0.1, 0.15) is 35.0 Å². The first-order valence-corrected chi connectivity index (χ1v) is 9.56. The number of halogens is 5. The quantitative estimate of drug-likeness (QED) is 0.685. The zero-order chi connectivity index (χ0) is 22.4. The lowest BCUT2D eigenvalue weighted by molar-refractivity contribution is -0.00299. The van der Waals surface area contributed by atoms with E-state index < -0.39 is 60.7 Å². The van der Waals surface area contributed by atoms with Crippen LogP contribution in [0.3, 0.4) is 0 Å². The van der Waals surface area contributed by atoms with Crippen LogP contribution in [0.25, 0.3) is 0 Å². The average Bonchev–Trinajstić information content (AvgIpc) is 3.03. The summed E-state index contributed by atoms with van der Waals surface area (Å²) in [6.45, 7) is -1.29. The monoisotopic (exact) mass is 457 g/mol. The highest BCUT2D eigenvalue weighted by Crippen LogP contribution is 2.53. The van der Waals surface area contributed by atoms with Crippen LogP contribution in [-0.2, 0) is 10.3 Å². The predicted molar refractivity (Wildman–Crippen MR) is 103 cm³/mol. The normalized spacial score (nSPS) is 26.5. The number of nitrogens with two attached hydrogens (primary N) is 1. The van der Waals surface area contributed by atoms with Crippen molar-refractivity contribution >= 4 is 29.2 Å². The summed E-state index contributed by atoms with van der Waals surface area (Å²) in [6, 6.07) is 2.87. The molecule has 12 heteroatoms. The Bertz CT molecular complexity index is 1050. The molecule has 1 aromatic heterocycles. The van der Waals surface area contributed by atoms with Gasteiger partial charge in [-0.2, -0.15) is 0 Å². The summed E-state index contributed by atoms with van der Waals surface area (Å²) in [7, 11) is 0. The summed E-state index contributed by atoms with van der Waals surface area (Å²) in [5.74, 6) is -5.85. The van der Waals surface area contributed by atoms with Gasteiger partial charge in [0, 0.05) is 30.0 Å². The number of fused-ring (bicyclic) bond motifs is 1. The summed E-state index contributed by atoms with van der Waals surface area (Å²) in [6.07, 6.45) is -0.229. The van der Waals surface area contributed by atoms with Gasteiger partial charge in [-0.1, -0.05) is 11.6 Å². The van der Waals surface area contributed by atoms with Gasteiger partial charge < -0.3 is 15.8 Å². The van der Waals surface area contributed by atoms with E-state index in [-0.39, 0.29) is 22.1 Å². The van der Waals surface area contributed by atoms with E-state index in [9.17, 15) is 22.4 Å². The first-order valence-electron chi connectivity index (χ1n) is 9.18. The highest BCUT2D eigenvalue weighted by Gasteiger charge is 2.60. The van der Waals surface area contributed by atoms with Crippen molar-refractivity contribution in [3.8, 4) is 0 Å². The van der Waals surface area contributed by atoms with Gasteiger partial charge in [0.25, 0.3) is 17.9 Å². The van der Waals surface area contributed by atoms with Crippen LogP contribution in [-0.4, -0.2) is 40.6 Å². The molecule has 1 aromatic carbocycles. The fraction of sp³-hybridized carbons (Fsp3) is 0.368. The number of aliphatic imine (C=N–C) groups is 1. The van der Waals surface area contributed by atoms with Gasteiger partial charge in [-0.25, -0.2) is 32.5 Å². The van der Waals surface area contributed by atoms with E-state index in [1.54, 1.807) is 0 Å². The third kappa shape index (κ3) is 3.89. The van der Waals surface area contributed by atoms with E-state index in [2.05, 4.69) is 20.3 Å². The van der Waals surface area contributed by atoms with Crippen LogP contribution in [0.5, 0.6) is 0 Å². The van der Waals surface area contributed by atoms with Gasteiger partial charge in [-0.3, -0.25) is 4.79 Å². The van der Waals surface area contributed by atoms with Crippen molar-refractivity contribution in [2.45, 2.75) is 30.4 Å². The second kappa shape index (κ2) is 7.63. The number of hydrogen-bond acceptors (Lipinski definition) is 6. The summed E-state index contributed by atoms with van der Waals surface area (Å²) in [4.78, 5) is 23.9. The highest BCUT2D eigenvalue weighted by molar-refractivity contribution is 6.29. The topological polar surface area (TPSA) is 102 Å². The van der Waals surface area contributed by atoms with E-state index in [0.717, 1.165) is 18.3 Å². The van der Waals surface area contributed by atoms with E-state index >= 15 is 0 Å². The zero-order valence-electron chi connectivity index (χ0n) is 15.8. The fourth-order valence-corrected chi connectivity index (χ4v) is 4.15. The number of alkyl halides is 3. The maximum atomic E-state index is 14.8. The molecule has 2 aliphatic rings. The molecule has 31 heavy (non-hydrogen) atoms. The molecule has 1 fully saturated rings. The van der Waals surface area contributed by atoms with Crippen molar-refractivity contribution < 1.29 is 27.1 Å². The Morgan fingerprint density at radius 3 is 2.74 bits per heavy atom. The van der Waals surface area contributed by atoms with Gasteiger partial charge in [0.05, 0.1) is 12.4 Å². The maximum absolute atomic E-state index is 14.8. The van der Waals surface area contributed by atoms with Crippen molar-refractivity contribution in [2.24, 2.45) is 16.6 Å². The molecule has 2 heterocycles. The number of amidine groups is 1. The van der Waals surface area contributed by atoms with Crippen LogP contribution in [0.4, 0.5) is 23.2 Å². The van der Waals surface area contributed by atoms with Crippen LogP contribution in [0, 0.1) is 11.7 Å². The first kappa shape index (κ1) is 21.3. The highest BCUT2D eigenvalue weighted by atomic mass is 35.5. The lowest BCUT2D eigenvalue weighted by Crippen LogP contribution is -2.48. The van der Waals surface area contributed by atoms with Crippen molar-refractivity contribution in [2.75, 3.05) is 12.0 Å². The number of nitrogens with zero attached hydrogens (tertiary/aromatic N) is 3. The first-order chi connectivity index (χ1) is 14.6. The molecule has 7 nitrogen and oxygen atoms in total. The molecule has 0 saturated heterocycles. The molecule has 164 valence electrons. The van der Waals surface area contributed by atoms with Gasteiger partial charge in [0.2, 0.25) is 0 Å². The number of anilines is 1. The number of nitrogens with one attached hydrogen (secondary N) is 1. The minimum absolute atomic E-state index is 0.0701. The molecule has 0 radical (unpaired) electrons. The number of amides is 1. The molecular weight excluding hydrogens is 442 g/mol. The lowest BCUT2D eigenvalue weighted by atomic mass is 9.76. The number of benzene rings is 1. The van der Waals surface area contributed by atoms with Gasteiger partial charge in [0.15, 0.2) is 0 Å². The molecule has 4 rings (SSSR count). The number of aromatic nitrogens is 2. The SMILES string of the molecule is NC1=NC(CF)(c2cc(NC(=O)c3cnc(Cl)cn3)ccc2F)C2CC(F)(F)C[C@@H]2O1. The van der Waals surface area contributed by atoms with Gasteiger partial charge in [-0.05, 0) is 18.2 Å². The standard InChI is InChI=1S/C19H16ClF4N5O2/c20-15-7-26-13(6-27-15)16(30)28-9-1-2-12(22)10(3-9)19(8-21)11-4-18(23,24)5-14(11)31-17(25)29-19/h1-3,6-7,11,14H,4-5,8H2,(H2,25,29)(H,28,30)/t11?,14-,19?/m0/s1. The van der Waals surface area contributed by atoms with Crippen molar-refractivity contribution in [3.05, 3.63) is 52.8 Å². The number of hydrogen-bond donors (Lipinski definition) is 2. The molecule has 1 saturated carbocycles. The fourth-order valence-electron chi connectivity index (χ4n) is 4.05. The summed E-state index contributed by atoms with van der Waals surface area (Å²) < 4.78 is 62.6. The van der Waals surface area contributed by atoms with Crippen molar-refractivity contribution in [1.82, 2.24) is 9.97 Å². The molecule has 2 unspecified atom stereocenters. The molecule has 1 amide bonds. The lowest BCUT2D eigenvalue weighted by Gasteiger charge is -2.40. The number of carbonyl (C=O) groups is 1. The average molecular weight is 458 g/mol. The Balaban J connectivity index is 1.72. The second-order valence-corrected chi connectivity index (χ2v) is 7.80. The summed E-state index contributed by atoms with van der Waals surface area (Å²) in [5.41, 5.74) is 3.30. The van der Waals surface area contributed by atoms with E-state index in [1.165, 1.54) is 12.3 Å². The number of carbonyl (C=O) groups excluding carboxylic acids is 1. The molecule has 3 atom stereocenters. The second-order valence-electron chi connectivity index (χ2n) is 7.41. The predicted octanol–water partition coefficient (Wildman–Crippen LogP) is 3.45. The van der Waals surface area contributed by atoms with Crippen LogP contribution < -0.4 is 11.1 Å². The third-order valence-electron chi connectivity index (χ3n) is 5.41. The number of rotatable bonds is 4. The minimum atomic E-state index is -3.13. The minimum Gasteiger partial charge on any atom is -0.461 e. The van der Waals surface area contributed by atoms with Crippen LogP contribution in [0.15, 0.2) is 35.6 Å². The van der Waals surface area contributed by atoms with Crippen LogP contribution >= 0.6 is 11.6 Å². The Labute approximate surface area is 178 Å². The zero-order valence-corrected chi connectivity index (χ0v) is 16.5. The largest absolute Gasteiger partial charge is 0.461 e. The Hall–Kier alpha value is -2.95. The van der Waals surface area contributed by atoms with Crippen LogP contribution in [0.1, 0.15) is 28.9 Å².